The Morgan fingerprint density at radius 2 is 0.951 bits per heavy atom. The van der Waals surface area contributed by atoms with Gasteiger partial charge in [-0.15, -0.1) is 0 Å². The lowest BCUT2D eigenvalue weighted by molar-refractivity contribution is 0.410. The Balaban J connectivity index is 1.80. The van der Waals surface area contributed by atoms with Crippen molar-refractivity contribution in [1.82, 2.24) is 0 Å². The molecule has 1 fully saturated rings. The second-order valence-corrected chi connectivity index (χ2v) is 11.9. The summed E-state index contributed by atoms with van der Waals surface area (Å²) in [6.07, 6.45) is 0. The van der Waals surface area contributed by atoms with Gasteiger partial charge in [-0.1, -0.05) is 88.4 Å². The molecule has 2 atom stereocenters. The minimum Gasteiger partial charge on any atom is -0.496 e. The van der Waals surface area contributed by atoms with Crippen molar-refractivity contribution in [3.63, 3.8) is 0 Å². The van der Waals surface area contributed by atoms with Crippen molar-refractivity contribution in [2.75, 3.05) is 30.7 Å². The summed E-state index contributed by atoms with van der Waals surface area (Å²) in [5, 5.41) is 0. The van der Waals surface area contributed by atoms with Gasteiger partial charge in [-0.05, 0) is 83.3 Å². The van der Waals surface area contributed by atoms with Gasteiger partial charge in [0.05, 0.1) is 33.0 Å². The van der Waals surface area contributed by atoms with Crippen molar-refractivity contribution in [2.24, 2.45) is 0 Å². The molecule has 4 aromatic carbocycles. The molecule has 1 heterocycles. The molecule has 0 spiro atoms. The molecular formula is C37H44N2O2. The van der Waals surface area contributed by atoms with Gasteiger partial charge in [-0.2, -0.15) is 0 Å². The zero-order valence-corrected chi connectivity index (χ0v) is 25.8. The Hall–Kier alpha value is -3.92. The maximum atomic E-state index is 5.78. The molecule has 4 heteroatoms. The third-order valence-corrected chi connectivity index (χ3v) is 8.51. The molecule has 5 rings (SSSR count). The lowest BCUT2D eigenvalue weighted by Gasteiger charge is -2.33. The topological polar surface area (TPSA) is 24.9 Å². The van der Waals surface area contributed by atoms with E-state index in [0.717, 1.165) is 29.3 Å². The van der Waals surface area contributed by atoms with Crippen LogP contribution in [0.25, 0.3) is 0 Å². The molecule has 0 aromatic heterocycles. The highest BCUT2D eigenvalue weighted by Crippen LogP contribution is 2.51. The van der Waals surface area contributed by atoms with Crippen LogP contribution in [0.3, 0.4) is 0 Å². The van der Waals surface area contributed by atoms with Crippen LogP contribution < -0.4 is 19.3 Å². The summed E-state index contributed by atoms with van der Waals surface area (Å²) in [5.74, 6) is 2.57. The fourth-order valence-electron chi connectivity index (χ4n) is 6.40. The van der Waals surface area contributed by atoms with Gasteiger partial charge in [-0.25, -0.2) is 0 Å². The molecule has 1 aliphatic rings. The van der Waals surface area contributed by atoms with E-state index in [1.165, 1.54) is 33.6 Å². The first-order valence-corrected chi connectivity index (χ1v) is 14.7. The van der Waals surface area contributed by atoms with Crippen molar-refractivity contribution >= 4 is 11.4 Å². The van der Waals surface area contributed by atoms with Crippen LogP contribution in [0.15, 0.2) is 84.9 Å². The van der Waals surface area contributed by atoms with E-state index in [1.807, 2.05) is 0 Å². The van der Waals surface area contributed by atoms with Gasteiger partial charge >= 0.3 is 0 Å². The number of rotatable bonds is 8. The Morgan fingerprint density at radius 1 is 0.585 bits per heavy atom. The van der Waals surface area contributed by atoms with Gasteiger partial charge in [0.2, 0.25) is 0 Å². The van der Waals surface area contributed by atoms with Crippen molar-refractivity contribution in [3.8, 4) is 11.5 Å². The summed E-state index contributed by atoms with van der Waals surface area (Å²) in [6.45, 7) is 14.2. The fourth-order valence-corrected chi connectivity index (χ4v) is 6.40. The SMILES string of the molecule is COc1cc(C(C)C)c(N2CN(c3cc(C)c(OC)cc3C(C)C)[C@H](c3ccccc3)[C@H]2c2ccccc2)cc1C. The highest BCUT2D eigenvalue weighted by molar-refractivity contribution is 5.69. The standard InChI is InChI=1S/C37H44N2O2/c1-24(2)30-21-34(40-7)26(5)19-32(30)38-23-39(33-20-27(6)35(41-8)22-31(33)25(3)4)37(29-17-13-10-14-18-29)36(38)28-15-11-9-12-16-28/h9-22,24-25,36-37H,23H2,1-8H3/t36-,37-/m1/s1. The maximum absolute atomic E-state index is 5.78. The largest absolute Gasteiger partial charge is 0.496 e. The number of hydrogen-bond acceptors (Lipinski definition) is 4. The molecule has 0 amide bonds. The highest BCUT2D eigenvalue weighted by atomic mass is 16.5. The van der Waals surface area contributed by atoms with Crippen molar-refractivity contribution in [3.05, 3.63) is 118 Å². The van der Waals surface area contributed by atoms with E-state index in [1.54, 1.807) is 14.2 Å². The van der Waals surface area contributed by atoms with E-state index in [0.29, 0.717) is 11.8 Å². The van der Waals surface area contributed by atoms with Crippen molar-refractivity contribution in [2.45, 2.75) is 65.5 Å². The molecule has 0 bridgehead atoms. The van der Waals surface area contributed by atoms with Crippen LogP contribution in [-0.2, 0) is 0 Å². The van der Waals surface area contributed by atoms with Crippen LogP contribution in [0, 0.1) is 13.8 Å². The molecule has 0 N–H and O–H groups in total. The first kappa shape index (κ1) is 28.6. The number of anilines is 2. The van der Waals surface area contributed by atoms with Crippen molar-refractivity contribution in [1.29, 1.82) is 0 Å². The molecular weight excluding hydrogens is 504 g/mol. The Kier molecular flexibility index (Phi) is 8.30. The minimum atomic E-state index is 0.103. The van der Waals surface area contributed by atoms with E-state index >= 15 is 0 Å². The number of ether oxygens (including phenoxy) is 2. The predicted octanol–water partition coefficient (Wildman–Crippen LogP) is 9.33. The number of hydrogen-bond donors (Lipinski definition) is 0. The van der Waals surface area contributed by atoms with Crippen LogP contribution in [0.2, 0.25) is 0 Å². The Bertz CT molecular complexity index is 1370. The van der Waals surface area contributed by atoms with Crippen molar-refractivity contribution < 1.29 is 9.47 Å². The molecule has 1 saturated heterocycles. The second kappa shape index (κ2) is 11.9. The molecule has 4 nitrogen and oxygen atoms in total. The maximum Gasteiger partial charge on any atom is 0.122 e. The molecule has 0 radical (unpaired) electrons. The minimum absolute atomic E-state index is 0.103. The molecule has 0 aliphatic carbocycles. The first-order chi connectivity index (χ1) is 19.7. The molecule has 0 unspecified atom stereocenters. The van der Waals surface area contributed by atoms with Crippen LogP contribution in [0.1, 0.15) is 85.0 Å². The predicted molar refractivity (Wildman–Crippen MR) is 172 cm³/mol. The monoisotopic (exact) mass is 548 g/mol. The van der Waals surface area contributed by atoms with E-state index in [-0.39, 0.29) is 12.1 Å². The average molecular weight is 549 g/mol. The second-order valence-electron chi connectivity index (χ2n) is 11.9. The highest BCUT2D eigenvalue weighted by Gasteiger charge is 2.44. The first-order valence-electron chi connectivity index (χ1n) is 14.7. The number of aryl methyl sites for hydroxylation is 2. The molecule has 1 aliphatic heterocycles. The zero-order valence-electron chi connectivity index (χ0n) is 25.8. The summed E-state index contributed by atoms with van der Waals surface area (Å²) in [5.41, 5.74) is 10.1. The van der Waals surface area contributed by atoms with Gasteiger partial charge in [0.15, 0.2) is 0 Å². The lowest BCUT2D eigenvalue weighted by atomic mass is 9.90. The number of nitrogens with zero attached hydrogens (tertiary/aromatic N) is 2. The van der Waals surface area contributed by atoms with Crippen LogP contribution >= 0.6 is 0 Å². The van der Waals surface area contributed by atoms with Gasteiger partial charge in [0.1, 0.15) is 11.5 Å². The lowest BCUT2D eigenvalue weighted by Crippen LogP contribution is -2.28. The van der Waals surface area contributed by atoms with Gasteiger partial charge < -0.3 is 19.3 Å². The molecule has 41 heavy (non-hydrogen) atoms. The summed E-state index contributed by atoms with van der Waals surface area (Å²) in [7, 11) is 3.53. The van der Waals surface area contributed by atoms with E-state index < -0.39 is 0 Å². The van der Waals surface area contributed by atoms with Gasteiger partial charge in [0.25, 0.3) is 0 Å². The number of methoxy groups -OCH3 is 2. The van der Waals surface area contributed by atoms with Crippen LogP contribution in [0.5, 0.6) is 11.5 Å². The van der Waals surface area contributed by atoms with E-state index in [4.69, 9.17) is 9.47 Å². The zero-order chi connectivity index (χ0) is 29.3. The van der Waals surface area contributed by atoms with Gasteiger partial charge in [-0.3, -0.25) is 0 Å². The summed E-state index contributed by atoms with van der Waals surface area (Å²) >= 11 is 0. The van der Waals surface area contributed by atoms with Crippen LogP contribution in [-0.4, -0.2) is 20.9 Å². The Morgan fingerprint density at radius 3 is 1.27 bits per heavy atom. The van der Waals surface area contributed by atoms with Gasteiger partial charge in [0, 0.05) is 11.4 Å². The average Bonchev–Trinajstić information content (AvgIpc) is 3.38. The fraction of sp³-hybridized carbons (Fsp3) is 0.351. The summed E-state index contributed by atoms with van der Waals surface area (Å²) < 4.78 is 11.6. The Labute approximate surface area is 246 Å². The van der Waals surface area contributed by atoms with E-state index in [2.05, 4.69) is 136 Å². The van der Waals surface area contributed by atoms with Crippen LogP contribution in [0.4, 0.5) is 11.4 Å². The summed E-state index contributed by atoms with van der Waals surface area (Å²) in [6, 6.07) is 31.4. The molecule has 4 aromatic rings. The quantitative estimate of drug-likeness (QED) is 0.219. The van der Waals surface area contributed by atoms with E-state index in [9.17, 15) is 0 Å². The number of benzene rings is 4. The summed E-state index contributed by atoms with van der Waals surface area (Å²) in [4.78, 5) is 5.25. The third-order valence-electron chi connectivity index (χ3n) is 8.51. The molecule has 0 saturated carbocycles. The normalized spacial score (nSPS) is 17.0. The smallest absolute Gasteiger partial charge is 0.122 e. The molecule has 214 valence electrons. The third kappa shape index (κ3) is 5.40.